The van der Waals surface area contributed by atoms with E-state index >= 15 is 0 Å². The third-order valence-electron chi connectivity index (χ3n) is 5.76. The number of anilines is 1. The second-order valence-corrected chi connectivity index (χ2v) is 8.27. The lowest BCUT2D eigenvalue weighted by molar-refractivity contribution is -0.122. The molecule has 1 saturated heterocycles. The van der Waals surface area contributed by atoms with Gasteiger partial charge in [0, 0.05) is 43.2 Å². The summed E-state index contributed by atoms with van der Waals surface area (Å²) in [6, 6.07) is 16.9. The average molecular weight is 464 g/mol. The normalized spacial score (nSPS) is 14.5. The van der Waals surface area contributed by atoms with Crippen molar-refractivity contribution in [2.45, 2.75) is 31.7 Å². The number of carbonyl (C=O) groups excluding carboxylic acids is 2. The van der Waals surface area contributed by atoms with Gasteiger partial charge in [-0.2, -0.15) is 4.98 Å². The van der Waals surface area contributed by atoms with Gasteiger partial charge in [-0.1, -0.05) is 23.4 Å². The minimum absolute atomic E-state index is 0.0257. The molecule has 2 aromatic carbocycles. The highest BCUT2D eigenvalue weighted by Crippen LogP contribution is 2.20. The van der Waals surface area contributed by atoms with E-state index < -0.39 is 0 Å². The number of hydrogen-bond donors (Lipinski definition) is 2. The van der Waals surface area contributed by atoms with Crippen LogP contribution in [-0.4, -0.2) is 59.6 Å². The fourth-order valence-electron chi connectivity index (χ4n) is 3.89. The lowest BCUT2D eigenvalue weighted by Gasteiger charge is -2.31. The van der Waals surface area contributed by atoms with E-state index in [2.05, 4.69) is 25.7 Å². The van der Waals surface area contributed by atoms with E-state index in [9.17, 15) is 9.59 Å². The number of nitrogens with zero attached hydrogens (tertiary/aromatic N) is 3. The topological polar surface area (TPSA) is 110 Å². The Morgan fingerprint density at radius 1 is 1.06 bits per heavy atom. The van der Waals surface area contributed by atoms with Gasteiger partial charge in [-0.05, 0) is 49.2 Å². The fourth-order valence-corrected chi connectivity index (χ4v) is 3.89. The van der Waals surface area contributed by atoms with Crippen LogP contribution < -0.4 is 15.4 Å². The van der Waals surface area contributed by atoms with Gasteiger partial charge >= 0.3 is 0 Å². The molecule has 0 bridgehead atoms. The standard InChI is InChI=1S/C25H29N5O4/c1-33-21-9-7-18(8-10-21)25-28-24(34-29-25)12-11-22(31)26-20-13-15-30(16-14-20)17-23(32)27-19-5-3-2-4-6-19/h2-10,20H,11-17H2,1H3,(H,26,31)(H,27,32). The first-order valence-electron chi connectivity index (χ1n) is 11.4. The summed E-state index contributed by atoms with van der Waals surface area (Å²) in [5.41, 5.74) is 1.62. The minimum atomic E-state index is -0.0375. The smallest absolute Gasteiger partial charge is 0.238 e. The van der Waals surface area contributed by atoms with E-state index in [0.29, 0.717) is 24.7 Å². The van der Waals surface area contributed by atoms with Crippen LogP contribution in [0.1, 0.15) is 25.2 Å². The number of ether oxygens (including phenoxy) is 1. The summed E-state index contributed by atoms with van der Waals surface area (Å²) in [7, 11) is 1.61. The summed E-state index contributed by atoms with van der Waals surface area (Å²) >= 11 is 0. The Bertz CT molecular complexity index is 1080. The molecule has 9 heteroatoms. The summed E-state index contributed by atoms with van der Waals surface area (Å²) in [5.74, 6) is 1.61. The van der Waals surface area contributed by atoms with E-state index in [0.717, 1.165) is 42.9 Å². The zero-order valence-corrected chi connectivity index (χ0v) is 19.2. The number of hydrogen-bond acceptors (Lipinski definition) is 7. The molecule has 3 aromatic rings. The van der Waals surface area contributed by atoms with Crippen molar-refractivity contribution >= 4 is 17.5 Å². The predicted molar refractivity (Wildman–Crippen MR) is 127 cm³/mol. The highest BCUT2D eigenvalue weighted by atomic mass is 16.5. The average Bonchev–Trinajstić information content (AvgIpc) is 3.34. The van der Waals surface area contributed by atoms with E-state index in [1.165, 1.54) is 0 Å². The Hall–Kier alpha value is -3.72. The van der Waals surface area contributed by atoms with E-state index in [4.69, 9.17) is 9.26 Å². The predicted octanol–water partition coefficient (Wildman–Crippen LogP) is 2.90. The zero-order chi connectivity index (χ0) is 23.8. The molecule has 0 radical (unpaired) electrons. The lowest BCUT2D eigenvalue weighted by atomic mass is 10.0. The van der Waals surface area contributed by atoms with Gasteiger partial charge in [-0.15, -0.1) is 0 Å². The van der Waals surface area contributed by atoms with Gasteiger partial charge in [0.1, 0.15) is 5.75 Å². The highest BCUT2D eigenvalue weighted by Gasteiger charge is 2.22. The molecule has 2 heterocycles. The zero-order valence-electron chi connectivity index (χ0n) is 19.2. The fraction of sp³-hybridized carbons (Fsp3) is 0.360. The van der Waals surface area contributed by atoms with Gasteiger partial charge in [0.25, 0.3) is 0 Å². The third kappa shape index (κ3) is 6.64. The second kappa shape index (κ2) is 11.4. The lowest BCUT2D eigenvalue weighted by Crippen LogP contribution is -2.46. The number of benzene rings is 2. The Morgan fingerprint density at radius 3 is 2.50 bits per heavy atom. The van der Waals surface area contributed by atoms with Crippen LogP contribution in [0.25, 0.3) is 11.4 Å². The molecule has 4 rings (SSSR count). The largest absolute Gasteiger partial charge is 0.497 e. The molecule has 2 amide bonds. The number of nitrogens with one attached hydrogen (secondary N) is 2. The van der Waals surface area contributed by atoms with Gasteiger partial charge in [0.05, 0.1) is 13.7 Å². The maximum Gasteiger partial charge on any atom is 0.238 e. The van der Waals surface area contributed by atoms with Crippen molar-refractivity contribution in [3.05, 3.63) is 60.5 Å². The summed E-state index contributed by atoms with van der Waals surface area (Å²) in [6.45, 7) is 1.88. The summed E-state index contributed by atoms with van der Waals surface area (Å²) in [4.78, 5) is 31.1. The molecule has 0 spiro atoms. The molecule has 9 nitrogen and oxygen atoms in total. The van der Waals surface area contributed by atoms with Crippen LogP contribution in [0.5, 0.6) is 5.75 Å². The summed E-state index contributed by atoms with van der Waals surface area (Å²) in [6.07, 6.45) is 2.29. The molecule has 0 unspecified atom stereocenters. The van der Waals surface area contributed by atoms with Crippen LogP contribution in [0.4, 0.5) is 5.69 Å². The Balaban J connectivity index is 1.15. The third-order valence-corrected chi connectivity index (χ3v) is 5.76. The second-order valence-electron chi connectivity index (χ2n) is 8.27. The minimum Gasteiger partial charge on any atom is -0.497 e. The van der Waals surface area contributed by atoms with Crippen LogP contribution in [0, 0.1) is 0 Å². The Labute approximate surface area is 198 Å². The SMILES string of the molecule is COc1ccc(-c2noc(CCC(=O)NC3CCN(CC(=O)Nc4ccccc4)CC3)n2)cc1. The van der Waals surface area contributed by atoms with Crippen LogP contribution in [-0.2, 0) is 16.0 Å². The molecule has 2 N–H and O–H groups in total. The Kier molecular flexibility index (Phi) is 7.87. The number of carbonyl (C=O) groups is 2. The number of amides is 2. The molecule has 1 aliphatic heterocycles. The first kappa shape index (κ1) is 23.4. The van der Waals surface area contributed by atoms with E-state index in [1.54, 1.807) is 7.11 Å². The molecule has 34 heavy (non-hydrogen) atoms. The summed E-state index contributed by atoms with van der Waals surface area (Å²) in [5, 5.41) is 9.99. The maximum atomic E-state index is 12.4. The molecule has 0 aliphatic carbocycles. The molecule has 0 atom stereocenters. The van der Waals surface area contributed by atoms with Crippen LogP contribution in [0.15, 0.2) is 59.1 Å². The van der Waals surface area contributed by atoms with Crippen LogP contribution in [0.2, 0.25) is 0 Å². The highest BCUT2D eigenvalue weighted by molar-refractivity contribution is 5.92. The van der Waals surface area contributed by atoms with Gasteiger partial charge in [0.2, 0.25) is 23.5 Å². The maximum absolute atomic E-state index is 12.4. The van der Waals surface area contributed by atoms with Gasteiger partial charge in [-0.3, -0.25) is 14.5 Å². The number of methoxy groups -OCH3 is 1. The molecule has 178 valence electrons. The van der Waals surface area contributed by atoms with Crippen molar-refractivity contribution in [1.29, 1.82) is 0 Å². The monoisotopic (exact) mass is 463 g/mol. The first-order chi connectivity index (χ1) is 16.6. The van der Waals surface area contributed by atoms with Crippen molar-refractivity contribution in [3.63, 3.8) is 0 Å². The molecule has 1 aliphatic rings. The number of para-hydroxylation sites is 1. The Morgan fingerprint density at radius 2 is 1.79 bits per heavy atom. The molecule has 1 fully saturated rings. The number of rotatable bonds is 9. The molecule has 0 saturated carbocycles. The van der Waals surface area contributed by atoms with Gasteiger partial charge in [0.15, 0.2) is 0 Å². The van der Waals surface area contributed by atoms with Gasteiger partial charge < -0.3 is 19.9 Å². The summed E-state index contributed by atoms with van der Waals surface area (Å²) < 4.78 is 10.4. The van der Waals surface area contributed by atoms with Gasteiger partial charge in [-0.25, -0.2) is 0 Å². The van der Waals surface area contributed by atoms with E-state index in [1.807, 2.05) is 54.6 Å². The van der Waals surface area contributed by atoms with Crippen molar-refractivity contribution in [3.8, 4) is 17.1 Å². The van der Waals surface area contributed by atoms with Crippen molar-refractivity contribution in [2.75, 3.05) is 32.1 Å². The molecular weight excluding hydrogens is 434 g/mol. The number of aromatic nitrogens is 2. The van der Waals surface area contributed by atoms with Crippen LogP contribution in [0.3, 0.4) is 0 Å². The number of piperidine rings is 1. The number of aryl methyl sites for hydroxylation is 1. The number of likely N-dealkylation sites (tertiary alicyclic amines) is 1. The van der Waals surface area contributed by atoms with Crippen molar-refractivity contribution in [2.24, 2.45) is 0 Å². The quantitative estimate of drug-likeness (QED) is 0.502. The molecular formula is C25H29N5O4. The first-order valence-corrected chi connectivity index (χ1v) is 11.4. The van der Waals surface area contributed by atoms with E-state index in [-0.39, 0.29) is 24.3 Å². The molecule has 1 aromatic heterocycles. The van der Waals surface area contributed by atoms with Crippen molar-refractivity contribution in [1.82, 2.24) is 20.4 Å². The van der Waals surface area contributed by atoms with Crippen molar-refractivity contribution < 1.29 is 18.8 Å². The van der Waals surface area contributed by atoms with Crippen LogP contribution >= 0.6 is 0 Å².